The fourth-order valence-electron chi connectivity index (χ4n) is 1.78. The van der Waals surface area contributed by atoms with Crippen LogP contribution in [0.5, 0.6) is 0 Å². The third-order valence-electron chi connectivity index (χ3n) is 2.72. The lowest BCUT2D eigenvalue weighted by Gasteiger charge is -1.99. The lowest BCUT2D eigenvalue weighted by atomic mass is 10.1. The average molecular weight is 272 g/mol. The highest BCUT2D eigenvalue weighted by Crippen LogP contribution is 2.06. The summed E-state index contributed by atoms with van der Waals surface area (Å²) in [5, 5.41) is 0. The number of rotatable bonds is 3. The quantitative estimate of drug-likeness (QED) is 0.851. The van der Waals surface area contributed by atoms with Crippen molar-refractivity contribution >= 4 is 12.4 Å². The lowest BCUT2D eigenvalue weighted by Crippen LogP contribution is -2.00. The van der Waals surface area contributed by atoms with Gasteiger partial charge in [0.2, 0.25) is 0 Å². The minimum atomic E-state index is 0. The van der Waals surface area contributed by atoms with Gasteiger partial charge in [-0.1, -0.05) is 42.2 Å². The number of benzene rings is 2. The SMILES string of the molecule is Cl.NCCCc1cccc(C#Cc2ccccc2)c1. The van der Waals surface area contributed by atoms with Crippen LogP contribution in [-0.2, 0) is 6.42 Å². The van der Waals surface area contributed by atoms with Crippen molar-refractivity contribution in [3.05, 3.63) is 71.3 Å². The van der Waals surface area contributed by atoms with Crippen LogP contribution in [0.4, 0.5) is 0 Å². The van der Waals surface area contributed by atoms with Crippen LogP contribution in [0.15, 0.2) is 54.6 Å². The molecule has 0 aromatic heterocycles. The highest BCUT2D eigenvalue weighted by atomic mass is 35.5. The average Bonchev–Trinajstić information content (AvgIpc) is 2.44. The molecule has 2 N–H and O–H groups in total. The van der Waals surface area contributed by atoms with Crippen molar-refractivity contribution in [2.45, 2.75) is 12.8 Å². The maximum atomic E-state index is 5.52. The van der Waals surface area contributed by atoms with Crippen molar-refractivity contribution in [3.8, 4) is 11.8 Å². The van der Waals surface area contributed by atoms with E-state index in [0.29, 0.717) is 0 Å². The topological polar surface area (TPSA) is 26.0 Å². The minimum Gasteiger partial charge on any atom is -0.330 e. The Labute approximate surface area is 121 Å². The van der Waals surface area contributed by atoms with Gasteiger partial charge in [0, 0.05) is 11.1 Å². The Bertz CT molecular complexity index is 552. The Hall–Kier alpha value is -1.75. The van der Waals surface area contributed by atoms with Gasteiger partial charge >= 0.3 is 0 Å². The van der Waals surface area contributed by atoms with E-state index in [2.05, 4.69) is 30.0 Å². The van der Waals surface area contributed by atoms with Crippen LogP contribution in [-0.4, -0.2) is 6.54 Å². The Morgan fingerprint density at radius 3 is 2.26 bits per heavy atom. The third-order valence-corrected chi connectivity index (χ3v) is 2.72. The van der Waals surface area contributed by atoms with Gasteiger partial charge in [-0.15, -0.1) is 12.4 Å². The Kier molecular flexibility index (Phi) is 6.74. The van der Waals surface area contributed by atoms with E-state index in [9.17, 15) is 0 Å². The fourth-order valence-corrected chi connectivity index (χ4v) is 1.78. The number of hydrogen-bond acceptors (Lipinski definition) is 1. The fraction of sp³-hybridized carbons (Fsp3) is 0.176. The summed E-state index contributed by atoms with van der Waals surface area (Å²) in [6, 6.07) is 18.4. The summed E-state index contributed by atoms with van der Waals surface area (Å²) in [6.45, 7) is 0.736. The molecule has 0 amide bonds. The zero-order chi connectivity index (χ0) is 12.6. The molecule has 0 heterocycles. The molecule has 1 nitrogen and oxygen atoms in total. The second kappa shape index (κ2) is 8.37. The molecule has 0 bridgehead atoms. The smallest absolute Gasteiger partial charge is 0.0251 e. The summed E-state index contributed by atoms with van der Waals surface area (Å²) in [4.78, 5) is 0. The van der Waals surface area contributed by atoms with Gasteiger partial charge in [0.15, 0.2) is 0 Å². The monoisotopic (exact) mass is 271 g/mol. The summed E-state index contributed by atoms with van der Waals surface area (Å²) < 4.78 is 0. The van der Waals surface area contributed by atoms with Crippen LogP contribution in [0.3, 0.4) is 0 Å². The highest BCUT2D eigenvalue weighted by Gasteiger charge is 1.93. The van der Waals surface area contributed by atoms with E-state index in [0.717, 1.165) is 30.5 Å². The van der Waals surface area contributed by atoms with Crippen LogP contribution in [0.1, 0.15) is 23.1 Å². The van der Waals surface area contributed by atoms with Crippen molar-refractivity contribution < 1.29 is 0 Å². The maximum absolute atomic E-state index is 5.52. The standard InChI is InChI=1S/C17H17N.ClH/c18-13-5-10-16-8-4-9-17(14-16)12-11-15-6-2-1-3-7-15;/h1-4,6-9,14H,5,10,13,18H2;1H. The van der Waals surface area contributed by atoms with Crippen LogP contribution >= 0.6 is 12.4 Å². The van der Waals surface area contributed by atoms with Crippen molar-refractivity contribution in [1.82, 2.24) is 0 Å². The van der Waals surface area contributed by atoms with E-state index in [1.165, 1.54) is 5.56 Å². The molecule has 0 saturated carbocycles. The molecule has 2 heteroatoms. The molecule has 0 aliphatic rings. The van der Waals surface area contributed by atoms with Gasteiger partial charge in [0.25, 0.3) is 0 Å². The number of hydrogen-bond donors (Lipinski definition) is 1. The van der Waals surface area contributed by atoms with Crippen LogP contribution in [0.25, 0.3) is 0 Å². The number of halogens is 1. The molecule has 0 atom stereocenters. The summed E-state index contributed by atoms with van der Waals surface area (Å²) >= 11 is 0. The van der Waals surface area contributed by atoms with E-state index in [1.54, 1.807) is 0 Å². The summed E-state index contributed by atoms with van der Waals surface area (Å²) in [7, 11) is 0. The largest absolute Gasteiger partial charge is 0.330 e. The molecule has 19 heavy (non-hydrogen) atoms. The first kappa shape index (κ1) is 15.3. The Balaban J connectivity index is 0.00000180. The van der Waals surface area contributed by atoms with E-state index in [-0.39, 0.29) is 12.4 Å². The Morgan fingerprint density at radius 2 is 1.53 bits per heavy atom. The minimum absolute atomic E-state index is 0. The van der Waals surface area contributed by atoms with Crippen molar-refractivity contribution in [1.29, 1.82) is 0 Å². The van der Waals surface area contributed by atoms with Gasteiger partial charge < -0.3 is 5.73 Å². The van der Waals surface area contributed by atoms with Crippen LogP contribution in [0.2, 0.25) is 0 Å². The first-order valence-corrected chi connectivity index (χ1v) is 6.24. The molecule has 0 aliphatic carbocycles. The van der Waals surface area contributed by atoms with Gasteiger partial charge in [-0.05, 0) is 49.2 Å². The zero-order valence-corrected chi connectivity index (χ0v) is 11.6. The predicted molar refractivity (Wildman–Crippen MR) is 83.5 cm³/mol. The zero-order valence-electron chi connectivity index (χ0n) is 10.8. The summed E-state index contributed by atoms with van der Waals surface area (Å²) in [5.74, 6) is 6.37. The van der Waals surface area contributed by atoms with E-state index in [4.69, 9.17) is 5.73 Å². The second-order valence-electron chi connectivity index (χ2n) is 4.21. The van der Waals surface area contributed by atoms with E-state index >= 15 is 0 Å². The predicted octanol–water partition coefficient (Wildman–Crippen LogP) is 3.40. The molecule has 0 spiro atoms. The molecule has 0 fully saturated rings. The molecule has 2 aromatic carbocycles. The van der Waals surface area contributed by atoms with Gasteiger partial charge in [0.1, 0.15) is 0 Å². The molecule has 2 aromatic rings. The molecule has 0 saturated heterocycles. The van der Waals surface area contributed by atoms with Gasteiger partial charge in [0.05, 0.1) is 0 Å². The molecular weight excluding hydrogens is 254 g/mol. The first-order chi connectivity index (χ1) is 8.88. The third kappa shape index (κ3) is 5.18. The Morgan fingerprint density at radius 1 is 0.842 bits per heavy atom. The number of aryl methyl sites for hydroxylation is 1. The maximum Gasteiger partial charge on any atom is 0.0251 e. The van der Waals surface area contributed by atoms with Crippen molar-refractivity contribution in [2.24, 2.45) is 5.73 Å². The molecule has 0 aliphatic heterocycles. The molecule has 0 radical (unpaired) electrons. The lowest BCUT2D eigenvalue weighted by molar-refractivity contribution is 0.832. The summed E-state index contributed by atoms with van der Waals surface area (Å²) in [6.07, 6.45) is 2.05. The molecule has 0 unspecified atom stereocenters. The first-order valence-electron chi connectivity index (χ1n) is 6.24. The van der Waals surface area contributed by atoms with E-state index < -0.39 is 0 Å². The van der Waals surface area contributed by atoms with E-state index in [1.807, 2.05) is 36.4 Å². The van der Waals surface area contributed by atoms with Crippen LogP contribution < -0.4 is 5.73 Å². The van der Waals surface area contributed by atoms with Crippen molar-refractivity contribution in [2.75, 3.05) is 6.54 Å². The van der Waals surface area contributed by atoms with Gasteiger partial charge in [-0.3, -0.25) is 0 Å². The van der Waals surface area contributed by atoms with Gasteiger partial charge in [-0.2, -0.15) is 0 Å². The second-order valence-corrected chi connectivity index (χ2v) is 4.21. The van der Waals surface area contributed by atoms with Crippen LogP contribution in [0, 0.1) is 11.8 Å². The highest BCUT2D eigenvalue weighted by molar-refractivity contribution is 5.85. The molecule has 98 valence electrons. The normalized spacial score (nSPS) is 9.11. The van der Waals surface area contributed by atoms with Crippen molar-refractivity contribution in [3.63, 3.8) is 0 Å². The summed E-state index contributed by atoms with van der Waals surface area (Å²) in [5.41, 5.74) is 8.94. The number of nitrogens with two attached hydrogens (primary N) is 1. The van der Waals surface area contributed by atoms with Gasteiger partial charge in [-0.25, -0.2) is 0 Å². The molecular formula is C17H18ClN. The molecule has 2 rings (SSSR count).